The van der Waals surface area contributed by atoms with Gasteiger partial charge in [0.2, 0.25) is 0 Å². The molecule has 1 fully saturated rings. The van der Waals surface area contributed by atoms with Crippen molar-refractivity contribution >= 4 is 11.7 Å². The molecule has 0 atom stereocenters. The predicted molar refractivity (Wildman–Crippen MR) is 82.2 cm³/mol. The van der Waals surface area contributed by atoms with Crippen LogP contribution in [0.4, 0.5) is 5.82 Å². The number of nitrogens with zero attached hydrogens (tertiary/aromatic N) is 2. The normalized spacial score (nSPS) is 18.0. The van der Waals surface area contributed by atoms with Crippen LogP contribution in [-0.4, -0.2) is 28.5 Å². The zero-order chi connectivity index (χ0) is 14.5. The number of amides is 1. The summed E-state index contributed by atoms with van der Waals surface area (Å²) in [5.41, 5.74) is 1.85. The van der Waals surface area contributed by atoms with E-state index in [0.29, 0.717) is 18.3 Å². The van der Waals surface area contributed by atoms with Crippen molar-refractivity contribution in [2.24, 2.45) is 0 Å². The van der Waals surface area contributed by atoms with E-state index in [9.17, 15) is 4.79 Å². The van der Waals surface area contributed by atoms with E-state index >= 15 is 0 Å². The minimum atomic E-state index is -0.142. The maximum absolute atomic E-state index is 12.0. The third-order valence-corrected chi connectivity index (χ3v) is 3.93. The van der Waals surface area contributed by atoms with Gasteiger partial charge in [-0.3, -0.25) is 4.79 Å². The fourth-order valence-electron chi connectivity index (χ4n) is 2.52. The van der Waals surface area contributed by atoms with E-state index < -0.39 is 0 Å². The summed E-state index contributed by atoms with van der Waals surface area (Å²) in [6.45, 7) is 0.675. The van der Waals surface area contributed by atoms with Crippen LogP contribution in [0.2, 0.25) is 0 Å². The van der Waals surface area contributed by atoms with Gasteiger partial charge in [0.05, 0.1) is 12.4 Å². The molecule has 0 aromatic carbocycles. The SMILES string of the molecule is O=C(NCCC1=CCCCC1)c1cnc(NC2CC2)cn1. The standard InChI is InChI=1S/C16H22N4O/c21-16(17-9-8-12-4-2-1-3-5-12)14-10-19-15(11-18-14)20-13-6-7-13/h4,10-11,13H,1-3,5-9H2,(H,17,21)(H,19,20). The summed E-state index contributed by atoms with van der Waals surface area (Å²) in [4.78, 5) is 20.4. The van der Waals surface area contributed by atoms with Crippen molar-refractivity contribution in [3.05, 3.63) is 29.7 Å². The van der Waals surface area contributed by atoms with E-state index in [2.05, 4.69) is 26.7 Å². The van der Waals surface area contributed by atoms with Gasteiger partial charge in [0, 0.05) is 12.6 Å². The van der Waals surface area contributed by atoms with Gasteiger partial charge in [-0.2, -0.15) is 0 Å². The number of aromatic nitrogens is 2. The molecule has 2 N–H and O–H groups in total. The van der Waals surface area contributed by atoms with Gasteiger partial charge in [0.1, 0.15) is 11.5 Å². The smallest absolute Gasteiger partial charge is 0.271 e. The largest absolute Gasteiger partial charge is 0.366 e. The van der Waals surface area contributed by atoms with E-state index in [1.165, 1.54) is 44.1 Å². The minimum Gasteiger partial charge on any atom is -0.366 e. The highest BCUT2D eigenvalue weighted by molar-refractivity contribution is 5.91. The number of hydrogen-bond acceptors (Lipinski definition) is 4. The first-order valence-electron chi connectivity index (χ1n) is 7.86. The lowest BCUT2D eigenvalue weighted by atomic mass is 9.97. The van der Waals surface area contributed by atoms with Crippen molar-refractivity contribution < 1.29 is 4.79 Å². The Morgan fingerprint density at radius 1 is 1.24 bits per heavy atom. The van der Waals surface area contributed by atoms with Crippen molar-refractivity contribution in [1.29, 1.82) is 0 Å². The molecule has 21 heavy (non-hydrogen) atoms. The van der Waals surface area contributed by atoms with Gasteiger partial charge in [-0.05, 0) is 44.9 Å². The number of allylic oxidation sites excluding steroid dienone is 1. The van der Waals surface area contributed by atoms with Crippen molar-refractivity contribution in [3.8, 4) is 0 Å². The van der Waals surface area contributed by atoms with Crippen LogP contribution in [0.15, 0.2) is 24.0 Å². The van der Waals surface area contributed by atoms with Gasteiger partial charge >= 0.3 is 0 Å². The van der Waals surface area contributed by atoms with Gasteiger partial charge in [-0.25, -0.2) is 9.97 Å². The Bertz CT molecular complexity index is 520. The molecular weight excluding hydrogens is 264 g/mol. The molecule has 0 saturated heterocycles. The molecule has 1 aromatic rings. The summed E-state index contributed by atoms with van der Waals surface area (Å²) < 4.78 is 0. The quantitative estimate of drug-likeness (QED) is 0.789. The molecule has 5 heteroatoms. The fourth-order valence-corrected chi connectivity index (χ4v) is 2.52. The summed E-state index contributed by atoms with van der Waals surface area (Å²) in [6, 6.07) is 0.544. The molecule has 0 unspecified atom stereocenters. The highest BCUT2D eigenvalue weighted by Crippen LogP contribution is 2.23. The van der Waals surface area contributed by atoms with Crippen LogP contribution in [0, 0.1) is 0 Å². The van der Waals surface area contributed by atoms with Crippen LogP contribution in [0.5, 0.6) is 0 Å². The molecule has 2 aliphatic rings. The first-order valence-corrected chi connectivity index (χ1v) is 7.86. The van der Waals surface area contributed by atoms with Crippen molar-refractivity contribution in [1.82, 2.24) is 15.3 Å². The Morgan fingerprint density at radius 2 is 2.14 bits per heavy atom. The van der Waals surface area contributed by atoms with Crippen molar-refractivity contribution in [2.45, 2.75) is 51.0 Å². The zero-order valence-corrected chi connectivity index (χ0v) is 12.3. The molecule has 1 aromatic heterocycles. The number of nitrogens with one attached hydrogen (secondary N) is 2. The van der Waals surface area contributed by atoms with Crippen LogP contribution < -0.4 is 10.6 Å². The topological polar surface area (TPSA) is 66.9 Å². The molecule has 2 aliphatic carbocycles. The Morgan fingerprint density at radius 3 is 2.81 bits per heavy atom. The van der Waals surface area contributed by atoms with E-state index in [1.807, 2.05) is 0 Å². The Balaban J connectivity index is 1.44. The molecule has 1 saturated carbocycles. The van der Waals surface area contributed by atoms with E-state index in [1.54, 1.807) is 12.4 Å². The lowest BCUT2D eigenvalue weighted by Crippen LogP contribution is -2.26. The average Bonchev–Trinajstić information content (AvgIpc) is 3.33. The fraction of sp³-hybridized carbons (Fsp3) is 0.562. The maximum Gasteiger partial charge on any atom is 0.271 e. The molecule has 0 aliphatic heterocycles. The van der Waals surface area contributed by atoms with Gasteiger partial charge in [0.25, 0.3) is 5.91 Å². The van der Waals surface area contributed by atoms with Gasteiger partial charge in [0.15, 0.2) is 0 Å². The van der Waals surface area contributed by atoms with Crippen LogP contribution >= 0.6 is 0 Å². The summed E-state index contributed by atoms with van der Waals surface area (Å²) in [6.07, 6.45) is 13.8. The Kier molecular flexibility index (Phi) is 4.48. The second-order valence-electron chi connectivity index (χ2n) is 5.82. The average molecular weight is 286 g/mol. The molecule has 5 nitrogen and oxygen atoms in total. The maximum atomic E-state index is 12.0. The first-order chi connectivity index (χ1) is 10.3. The third-order valence-electron chi connectivity index (χ3n) is 3.93. The van der Waals surface area contributed by atoms with Crippen LogP contribution in [-0.2, 0) is 0 Å². The van der Waals surface area contributed by atoms with E-state index in [-0.39, 0.29) is 5.91 Å². The molecule has 0 bridgehead atoms. The van der Waals surface area contributed by atoms with Gasteiger partial charge in [-0.1, -0.05) is 11.6 Å². The minimum absolute atomic E-state index is 0.142. The number of anilines is 1. The van der Waals surface area contributed by atoms with Crippen LogP contribution in [0.1, 0.15) is 55.4 Å². The lowest BCUT2D eigenvalue weighted by Gasteiger charge is -2.12. The molecule has 0 spiro atoms. The number of carbonyl (C=O) groups excluding carboxylic acids is 1. The molecule has 3 rings (SSSR count). The molecule has 112 valence electrons. The predicted octanol–water partition coefficient (Wildman–Crippen LogP) is 2.67. The van der Waals surface area contributed by atoms with E-state index in [4.69, 9.17) is 0 Å². The summed E-state index contributed by atoms with van der Waals surface area (Å²) in [7, 11) is 0. The Labute approximate surface area is 125 Å². The van der Waals surface area contributed by atoms with E-state index in [0.717, 1.165) is 12.2 Å². The monoisotopic (exact) mass is 286 g/mol. The second kappa shape index (κ2) is 6.70. The zero-order valence-electron chi connectivity index (χ0n) is 12.3. The lowest BCUT2D eigenvalue weighted by molar-refractivity contribution is 0.0948. The molecule has 0 radical (unpaired) electrons. The number of hydrogen-bond donors (Lipinski definition) is 2. The third kappa shape index (κ3) is 4.28. The number of rotatable bonds is 6. The van der Waals surface area contributed by atoms with Gasteiger partial charge < -0.3 is 10.6 Å². The first kappa shape index (κ1) is 14.0. The van der Waals surface area contributed by atoms with Crippen molar-refractivity contribution in [3.63, 3.8) is 0 Å². The summed E-state index contributed by atoms with van der Waals surface area (Å²) in [5, 5.41) is 6.17. The van der Waals surface area contributed by atoms with Crippen LogP contribution in [0.3, 0.4) is 0 Å². The van der Waals surface area contributed by atoms with Gasteiger partial charge in [-0.15, -0.1) is 0 Å². The molecule has 1 heterocycles. The number of carbonyl (C=O) groups is 1. The highest BCUT2D eigenvalue weighted by Gasteiger charge is 2.21. The summed E-state index contributed by atoms with van der Waals surface area (Å²) in [5.74, 6) is 0.610. The second-order valence-corrected chi connectivity index (χ2v) is 5.82. The Hall–Kier alpha value is -1.91. The van der Waals surface area contributed by atoms with Crippen LogP contribution in [0.25, 0.3) is 0 Å². The molecular formula is C16H22N4O. The summed E-state index contributed by atoms with van der Waals surface area (Å²) >= 11 is 0. The van der Waals surface area contributed by atoms with Crippen molar-refractivity contribution in [2.75, 3.05) is 11.9 Å². The molecule has 1 amide bonds. The highest BCUT2D eigenvalue weighted by atomic mass is 16.1.